The van der Waals surface area contributed by atoms with Gasteiger partial charge in [0.2, 0.25) is 5.95 Å². The third-order valence-electron chi connectivity index (χ3n) is 4.27. The fourth-order valence-electron chi connectivity index (χ4n) is 3.22. The summed E-state index contributed by atoms with van der Waals surface area (Å²) in [5, 5.41) is 1.07. The Morgan fingerprint density at radius 3 is 2.63 bits per heavy atom. The minimum absolute atomic E-state index is 0.230. The van der Waals surface area contributed by atoms with Crippen molar-refractivity contribution < 1.29 is 0 Å². The molecule has 2 aromatic rings. The Morgan fingerprint density at radius 1 is 1.32 bits per heavy atom. The number of aromatic nitrogens is 2. The van der Waals surface area contributed by atoms with Crippen LogP contribution in [0.2, 0.25) is 10.0 Å². The fourth-order valence-corrected chi connectivity index (χ4v) is 3.54. The maximum absolute atomic E-state index is 6.13. The number of nitrogens with zero attached hydrogens (tertiary/aromatic N) is 2. The summed E-state index contributed by atoms with van der Waals surface area (Å²) >= 11 is 12.2. The maximum atomic E-state index is 6.13. The van der Waals surface area contributed by atoms with E-state index in [1.165, 1.54) is 12.8 Å². The number of anilines is 1. The lowest BCUT2D eigenvalue weighted by Gasteiger charge is -2.29. The summed E-state index contributed by atoms with van der Waals surface area (Å²) in [4.78, 5) is 4.42. The molecule has 1 aliphatic carbocycles. The first-order chi connectivity index (χ1) is 8.90. The first kappa shape index (κ1) is 13.1. The van der Waals surface area contributed by atoms with Gasteiger partial charge in [-0.1, -0.05) is 43.5 Å². The predicted octanol–water partition coefficient (Wildman–Crippen LogP) is 4.68. The van der Waals surface area contributed by atoms with Gasteiger partial charge in [-0.3, -0.25) is 0 Å². The zero-order valence-electron chi connectivity index (χ0n) is 11.1. The highest BCUT2D eigenvalue weighted by Gasteiger charge is 2.37. The number of hydrogen-bond acceptors (Lipinski definition) is 2. The van der Waals surface area contributed by atoms with E-state index < -0.39 is 0 Å². The molecule has 5 heteroatoms. The number of imidazole rings is 1. The molecule has 102 valence electrons. The van der Waals surface area contributed by atoms with Crippen LogP contribution >= 0.6 is 23.2 Å². The topological polar surface area (TPSA) is 43.8 Å². The monoisotopic (exact) mass is 297 g/mol. The number of halogens is 2. The number of fused-ring (bicyclic) bond motifs is 1. The molecule has 1 aromatic carbocycles. The third-order valence-corrected chi connectivity index (χ3v) is 4.99. The van der Waals surface area contributed by atoms with E-state index in [0.29, 0.717) is 22.0 Å². The van der Waals surface area contributed by atoms with Crippen molar-refractivity contribution >= 4 is 40.2 Å². The number of hydrogen-bond donors (Lipinski definition) is 1. The van der Waals surface area contributed by atoms with Crippen LogP contribution in [-0.4, -0.2) is 9.55 Å². The molecule has 2 N–H and O–H groups in total. The van der Waals surface area contributed by atoms with Crippen molar-refractivity contribution in [2.24, 2.45) is 5.41 Å². The van der Waals surface area contributed by atoms with Crippen LogP contribution in [0, 0.1) is 5.41 Å². The molecule has 0 spiro atoms. The molecule has 1 aromatic heterocycles. The molecule has 0 amide bonds. The highest BCUT2D eigenvalue weighted by atomic mass is 35.5. The van der Waals surface area contributed by atoms with Crippen molar-refractivity contribution in [3.8, 4) is 0 Å². The lowest BCUT2D eigenvalue weighted by molar-refractivity contribution is 0.268. The molecule has 0 bridgehead atoms. The standard InChI is InChI=1S/C14H17Cl2N3/c1-14(2)5-3-4-12(14)19-11-7-9(16)8(15)6-10(11)18-13(19)17/h6-7,12H,3-5H2,1-2H3,(H2,17,18). The molecule has 1 heterocycles. The summed E-state index contributed by atoms with van der Waals surface area (Å²) in [5.41, 5.74) is 8.14. The quantitative estimate of drug-likeness (QED) is 0.831. The average Bonchev–Trinajstić information content (AvgIpc) is 2.79. The SMILES string of the molecule is CC1(C)CCCC1n1c(N)nc2cc(Cl)c(Cl)cc21. The van der Waals surface area contributed by atoms with Crippen LogP contribution in [0.4, 0.5) is 5.95 Å². The molecule has 0 radical (unpaired) electrons. The molecule has 1 aliphatic rings. The highest BCUT2D eigenvalue weighted by molar-refractivity contribution is 6.42. The highest BCUT2D eigenvalue weighted by Crippen LogP contribution is 2.48. The second kappa shape index (κ2) is 4.29. The van der Waals surface area contributed by atoms with Crippen LogP contribution in [0.1, 0.15) is 39.2 Å². The molecule has 1 saturated carbocycles. The summed E-state index contributed by atoms with van der Waals surface area (Å²) < 4.78 is 2.13. The van der Waals surface area contributed by atoms with Crippen molar-refractivity contribution in [3.05, 3.63) is 22.2 Å². The van der Waals surface area contributed by atoms with Gasteiger partial charge in [-0.2, -0.15) is 0 Å². The predicted molar refractivity (Wildman–Crippen MR) is 80.8 cm³/mol. The van der Waals surface area contributed by atoms with E-state index in [4.69, 9.17) is 28.9 Å². The molecule has 3 rings (SSSR count). The smallest absolute Gasteiger partial charge is 0.201 e. The van der Waals surface area contributed by atoms with Crippen LogP contribution < -0.4 is 5.73 Å². The van der Waals surface area contributed by atoms with Gasteiger partial charge < -0.3 is 10.3 Å². The van der Waals surface area contributed by atoms with Gasteiger partial charge in [0.05, 0.1) is 21.1 Å². The van der Waals surface area contributed by atoms with Gasteiger partial charge in [-0.25, -0.2) is 4.98 Å². The Hall–Kier alpha value is -0.930. The van der Waals surface area contributed by atoms with Crippen molar-refractivity contribution in [1.29, 1.82) is 0 Å². The molecular formula is C14H17Cl2N3. The Bertz CT molecular complexity index is 646. The van der Waals surface area contributed by atoms with E-state index in [-0.39, 0.29) is 5.41 Å². The van der Waals surface area contributed by atoms with Gasteiger partial charge in [0, 0.05) is 6.04 Å². The van der Waals surface area contributed by atoms with Crippen LogP contribution in [0.5, 0.6) is 0 Å². The molecule has 1 atom stereocenters. The second-order valence-electron chi connectivity index (χ2n) is 5.99. The van der Waals surface area contributed by atoms with Crippen LogP contribution in [0.25, 0.3) is 11.0 Å². The van der Waals surface area contributed by atoms with Gasteiger partial charge >= 0.3 is 0 Å². The average molecular weight is 298 g/mol. The van der Waals surface area contributed by atoms with E-state index in [2.05, 4.69) is 23.4 Å². The number of benzene rings is 1. The third kappa shape index (κ3) is 2.00. The van der Waals surface area contributed by atoms with E-state index in [9.17, 15) is 0 Å². The Morgan fingerprint density at radius 2 is 2.00 bits per heavy atom. The summed E-state index contributed by atoms with van der Waals surface area (Å²) in [6.45, 7) is 4.57. The van der Waals surface area contributed by atoms with Crippen LogP contribution in [-0.2, 0) is 0 Å². The van der Waals surface area contributed by atoms with Gasteiger partial charge in [0.15, 0.2) is 0 Å². The summed E-state index contributed by atoms with van der Waals surface area (Å²) in [7, 11) is 0. The molecule has 3 nitrogen and oxygen atoms in total. The Balaban J connectivity index is 2.23. The maximum Gasteiger partial charge on any atom is 0.201 e. The normalized spacial score (nSPS) is 22.2. The van der Waals surface area contributed by atoms with Gasteiger partial charge in [0.1, 0.15) is 0 Å². The van der Waals surface area contributed by atoms with E-state index in [1.54, 1.807) is 6.07 Å². The fraction of sp³-hybridized carbons (Fsp3) is 0.500. The van der Waals surface area contributed by atoms with E-state index in [0.717, 1.165) is 17.5 Å². The summed E-state index contributed by atoms with van der Waals surface area (Å²) in [5.74, 6) is 0.549. The first-order valence-corrected chi connectivity index (χ1v) is 7.28. The molecular weight excluding hydrogens is 281 g/mol. The van der Waals surface area contributed by atoms with Crippen LogP contribution in [0.3, 0.4) is 0 Å². The zero-order chi connectivity index (χ0) is 13.8. The number of nitrogens with two attached hydrogens (primary N) is 1. The molecule has 1 fully saturated rings. The summed E-state index contributed by atoms with van der Waals surface area (Å²) in [6, 6.07) is 4.03. The van der Waals surface area contributed by atoms with Crippen molar-refractivity contribution in [3.63, 3.8) is 0 Å². The van der Waals surface area contributed by atoms with Gasteiger partial charge in [-0.15, -0.1) is 0 Å². The lowest BCUT2D eigenvalue weighted by atomic mass is 9.87. The minimum Gasteiger partial charge on any atom is -0.369 e. The first-order valence-electron chi connectivity index (χ1n) is 6.52. The number of nitrogen functional groups attached to an aromatic ring is 1. The lowest BCUT2D eigenvalue weighted by Crippen LogP contribution is -2.22. The molecule has 0 aliphatic heterocycles. The van der Waals surface area contributed by atoms with E-state index >= 15 is 0 Å². The largest absolute Gasteiger partial charge is 0.369 e. The summed E-state index contributed by atoms with van der Waals surface area (Å²) in [6.07, 6.45) is 3.55. The van der Waals surface area contributed by atoms with Crippen molar-refractivity contribution in [2.45, 2.75) is 39.2 Å². The Labute approximate surface area is 122 Å². The second-order valence-corrected chi connectivity index (χ2v) is 6.81. The number of rotatable bonds is 1. The zero-order valence-corrected chi connectivity index (χ0v) is 12.6. The van der Waals surface area contributed by atoms with Crippen LogP contribution in [0.15, 0.2) is 12.1 Å². The van der Waals surface area contributed by atoms with Gasteiger partial charge in [0.25, 0.3) is 0 Å². The molecule has 0 saturated heterocycles. The van der Waals surface area contributed by atoms with Crippen molar-refractivity contribution in [1.82, 2.24) is 9.55 Å². The Kier molecular flexibility index (Phi) is 2.95. The molecule has 19 heavy (non-hydrogen) atoms. The van der Waals surface area contributed by atoms with Crippen molar-refractivity contribution in [2.75, 3.05) is 5.73 Å². The van der Waals surface area contributed by atoms with E-state index in [1.807, 2.05) is 6.07 Å². The van der Waals surface area contributed by atoms with Gasteiger partial charge in [-0.05, 0) is 30.4 Å². The molecule has 1 unspecified atom stereocenters. The minimum atomic E-state index is 0.230.